The third-order valence-corrected chi connectivity index (χ3v) is 2.88. The minimum atomic E-state index is -2.57. The van der Waals surface area contributed by atoms with Crippen LogP contribution in [0.4, 0.5) is 8.78 Å². The maximum absolute atomic E-state index is 12.9. The third kappa shape index (κ3) is 2.63. The molecule has 1 aliphatic rings. The van der Waals surface area contributed by atoms with Crippen molar-refractivity contribution in [3.05, 3.63) is 12.2 Å². The van der Waals surface area contributed by atoms with Crippen LogP contribution in [0.25, 0.3) is 0 Å². The Kier molecular flexibility index (Phi) is 3.07. The van der Waals surface area contributed by atoms with Gasteiger partial charge in [0.25, 0.3) is 0 Å². The Morgan fingerprint density at radius 2 is 1.86 bits per heavy atom. The Balaban J connectivity index is 2.66. The molecular weight excluding hydrogens is 186 g/mol. The zero-order valence-electron chi connectivity index (χ0n) is 8.48. The van der Waals surface area contributed by atoms with Gasteiger partial charge in [-0.1, -0.05) is 5.57 Å². The first-order valence-corrected chi connectivity index (χ1v) is 4.88. The van der Waals surface area contributed by atoms with Crippen molar-refractivity contribution in [1.29, 1.82) is 0 Å². The number of halogens is 2. The van der Waals surface area contributed by atoms with Crippen LogP contribution in [0.1, 0.15) is 39.0 Å². The van der Waals surface area contributed by atoms with Gasteiger partial charge in [0.15, 0.2) is 0 Å². The molecule has 80 valence electrons. The quantitative estimate of drug-likeness (QED) is 0.506. The SMILES string of the molecule is C=C(C)CC1(C=O)CCC(F)(F)CC1. The Morgan fingerprint density at radius 3 is 2.21 bits per heavy atom. The second-order valence-electron chi connectivity index (χ2n) is 4.47. The highest BCUT2D eigenvalue weighted by Gasteiger charge is 2.43. The number of hydrogen-bond acceptors (Lipinski definition) is 1. The molecule has 1 aliphatic carbocycles. The van der Waals surface area contributed by atoms with Gasteiger partial charge < -0.3 is 4.79 Å². The van der Waals surface area contributed by atoms with Crippen LogP contribution in [0.2, 0.25) is 0 Å². The van der Waals surface area contributed by atoms with Crippen LogP contribution in [0, 0.1) is 5.41 Å². The second-order valence-corrected chi connectivity index (χ2v) is 4.47. The Labute approximate surface area is 83.2 Å². The van der Waals surface area contributed by atoms with Crippen molar-refractivity contribution >= 4 is 6.29 Å². The standard InChI is InChI=1S/C11H16F2O/c1-9(2)7-10(8-14)3-5-11(12,13)6-4-10/h8H,1,3-7H2,2H3. The van der Waals surface area contributed by atoms with Crippen molar-refractivity contribution in [3.63, 3.8) is 0 Å². The van der Waals surface area contributed by atoms with Crippen molar-refractivity contribution < 1.29 is 13.6 Å². The number of alkyl halides is 2. The zero-order chi connectivity index (χ0) is 10.8. The molecule has 0 N–H and O–H groups in total. The first-order chi connectivity index (χ1) is 6.39. The molecule has 0 aromatic carbocycles. The lowest BCUT2D eigenvalue weighted by atomic mass is 9.70. The van der Waals surface area contributed by atoms with E-state index in [0.717, 1.165) is 11.9 Å². The second kappa shape index (κ2) is 3.79. The fraction of sp³-hybridized carbons (Fsp3) is 0.727. The van der Waals surface area contributed by atoms with Gasteiger partial charge in [-0.25, -0.2) is 8.78 Å². The number of carbonyl (C=O) groups is 1. The van der Waals surface area contributed by atoms with E-state index in [-0.39, 0.29) is 25.7 Å². The fourth-order valence-electron chi connectivity index (χ4n) is 2.05. The number of rotatable bonds is 3. The molecule has 0 amide bonds. The van der Waals surface area contributed by atoms with E-state index >= 15 is 0 Å². The Bertz CT molecular complexity index is 236. The van der Waals surface area contributed by atoms with Crippen LogP contribution in [0.3, 0.4) is 0 Å². The van der Waals surface area contributed by atoms with Crippen molar-refractivity contribution in [3.8, 4) is 0 Å². The lowest BCUT2D eigenvalue weighted by Gasteiger charge is -2.36. The lowest BCUT2D eigenvalue weighted by molar-refractivity contribution is -0.124. The molecule has 0 bridgehead atoms. The normalized spacial score (nSPS) is 24.2. The van der Waals surface area contributed by atoms with E-state index in [1.165, 1.54) is 0 Å². The molecule has 1 nitrogen and oxygen atoms in total. The van der Waals surface area contributed by atoms with E-state index < -0.39 is 11.3 Å². The zero-order valence-corrected chi connectivity index (χ0v) is 8.48. The number of carbonyl (C=O) groups excluding carboxylic acids is 1. The molecule has 0 atom stereocenters. The largest absolute Gasteiger partial charge is 0.303 e. The monoisotopic (exact) mass is 202 g/mol. The summed E-state index contributed by atoms with van der Waals surface area (Å²) in [6, 6.07) is 0. The summed E-state index contributed by atoms with van der Waals surface area (Å²) in [4.78, 5) is 10.9. The first-order valence-electron chi connectivity index (χ1n) is 4.88. The van der Waals surface area contributed by atoms with E-state index in [1.54, 1.807) is 0 Å². The summed E-state index contributed by atoms with van der Waals surface area (Å²) >= 11 is 0. The van der Waals surface area contributed by atoms with Crippen molar-refractivity contribution in [2.45, 2.75) is 45.0 Å². The molecule has 0 spiro atoms. The average molecular weight is 202 g/mol. The van der Waals surface area contributed by atoms with E-state index in [2.05, 4.69) is 6.58 Å². The van der Waals surface area contributed by atoms with Gasteiger partial charge in [0.2, 0.25) is 5.92 Å². The van der Waals surface area contributed by atoms with Crippen LogP contribution < -0.4 is 0 Å². The molecule has 0 aliphatic heterocycles. The van der Waals surface area contributed by atoms with E-state index in [0.29, 0.717) is 6.42 Å². The van der Waals surface area contributed by atoms with E-state index in [1.807, 2.05) is 6.92 Å². The molecular formula is C11H16F2O. The molecule has 0 heterocycles. The number of allylic oxidation sites excluding steroid dienone is 1. The van der Waals surface area contributed by atoms with Crippen molar-refractivity contribution in [2.75, 3.05) is 0 Å². The minimum absolute atomic E-state index is 0.168. The summed E-state index contributed by atoms with van der Waals surface area (Å²) < 4.78 is 25.8. The molecule has 0 unspecified atom stereocenters. The summed E-state index contributed by atoms with van der Waals surface area (Å²) in [5, 5.41) is 0. The first kappa shape index (κ1) is 11.3. The van der Waals surface area contributed by atoms with E-state index in [9.17, 15) is 13.6 Å². The number of hydrogen-bond donors (Lipinski definition) is 0. The third-order valence-electron chi connectivity index (χ3n) is 2.88. The Hall–Kier alpha value is -0.730. The molecule has 14 heavy (non-hydrogen) atoms. The van der Waals surface area contributed by atoms with E-state index in [4.69, 9.17) is 0 Å². The molecule has 0 saturated heterocycles. The van der Waals surface area contributed by atoms with Crippen molar-refractivity contribution in [1.82, 2.24) is 0 Å². The van der Waals surface area contributed by atoms with Gasteiger partial charge in [-0.3, -0.25) is 0 Å². The highest BCUT2D eigenvalue weighted by molar-refractivity contribution is 5.60. The van der Waals surface area contributed by atoms with Crippen LogP contribution in [-0.2, 0) is 4.79 Å². The molecule has 1 saturated carbocycles. The summed E-state index contributed by atoms with van der Waals surface area (Å²) in [5.74, 6) is -2.57. The number of aldehydes is 1. The summed E-state index contributed by atoms with van der Waals surface area (Å²) in [6.45, 7) is 5.56. The summed E-state index contributed by atoms with van der Waals surface area (Å²) in [7, 11) is 0. The maximum atomic E-state index is 12.9. The molecule has 1 fully saturated rings. The van der Waals surface area contributed by atoms with Gasteiger partial charge in [-0.2, -0.15) is 0 Å². The predicted molar refractivity (Wildman–Crippen MR) is 51.3 cm³/mol. The van der Waals surface area contributed by atoms with Gasteiger partial charge in [-0.05, 0) is 26.2 Å². The van der Waals surface area contributed by atoms with Crippen LogP contribution in [0.5, 0.6) is 0 Å². The van der Waals surface area contributed by atoms with Gasteiger partial charge in [-0.15, -0.1) is 6.58 Å². The molecule has 0 aromatic rings. The predicted octanol–water partition coefficient (Wildman–Crippen LogP) is 3.35. The van der Waals surface area contributed by atoms with Gasteiger partial charge in [0.05, 0.1) is 0 Å². The molecule has 0 radical (unpaired) electrons. The molecule has 0 aromatic heterocycles. The van der Waals surface area contributed by atoms with Crippen LogP contribution in [-0.4, -0.2) is 12.2 Å². The average Bonchev–Trinajstić information content (AvgIpc) is 2.09. The van der Waals surface area contributed by atoms with Gasteiger partial charge in [0, 0.05) is 18.3 Å². The molecule has 1 rings (SSSR count). The molecule has 3 heteroatoms. The van der Waals surface area contributed by atoms with Gasteiger partial charge in [0.1, 0.15) is 6.29 Å². The Morgan fingerprint density at radius 1 is 1.36 bits per heavy atom. The highest BCUT2D eigenvalue weighted by Crippen LogP contribution is 2.45. The van der Waals surface area contributed by atoms with Crippen LogP contribution >= 0.6 is 0 Å². The lowest BCUT2D eigenvalue weighted by Crippen LogP contribution is -2.34. The van der Waals surface area contributed by atoms with Gasteiger partial charge >= 0.3 is 0 Å². The van der Waals surface area contributed by atoms with Crippen molar-refractivity contribution in [2.24, 2.45) is 5.41 Å². The summed E-state index contributed by atoms with van der Waals surface area (Å²) in [6.07, 6.45) is 1.63. The maximum Gasteiger partial charge on any atom is 0.248 e. The minimum Gasteiger partial charge on any atom is -0.303 e. The summed E-state index contributed by atoms with van der Waals surface area (Å²) in [5.41, 5.74) is 0.329. The fourth-order valence-corrected chi connectivity index (χ4v) is 2.05. The smallest absolute Gasteiger partial charge is 0.248 e. The topological polar surface area (TPSA) is 17.1 Å². The highest BCUT2D eigenvalue weighted by atomic mass is 19.3. The van der Waals surface area contributed by atoms with Crippen LogP contribution in [0.15, 0.2) is 12.2 Å².